The van der Waals surface area contributed by atoms with Gasteiger partial charge in [0.05, 0.1) is 11.3 Å². The summed E-state index contributed by atoms with van der Waals surface area (Å²) in [5.74, 6) is -1.09. The van der Waals surface area contributed by atoms with Crippen molar-refractivity contribution in [2.45, 2.75) is 40.2 Å². The fourth-order valence-electron chi connectivity index (χ4n) is 1.72. The number of carbonyl (C=O) groups is 1. The van der Waals surface area contributed by atoms with E-state index in [4.69, 9.17) is 5.11 Å². The number of nitrogens with one attached hydrogen (secondary N) is 2. The highest BCUT2D eigenvalue weighted by molar-refractivity contribution is 7.90. The summed E-state index contributed by atoms with van der Waals surface area (Å²) < 4.78 is 28.6. The highest BCUT2D eigenvalue weighted by atomic mass is 32.2. The Hall–Kier alpha value is -1.60. The van der Waals surface area contributed by atoms with E-state index in [1.54, 1.807) is 40.7 Å². The average Bonchev–Trinajstić information content (AvgIpc) is 2.18. The maximum absolute atomic E-state index is 11.9. The zero-order valence-corrected chi connectivity index (χ0v) is 13.1. The van der Waals surface area contributed by atoms with Gasteiger partial charge in [-0.05, 0) is 57.9 Å². The maximum Gasteiger partial charge on any atom is 0.336 e. The van der Waals surface area contributed by atoms with Crippen LogP contribution in [0.4, 0.5) is 5.69 Å². The second-order valence-electron chi connectivity index (χ2n) is 5.73. The predicted molar refractivity (Wildman–Crippen MR) is 78.3 cm³/mol. The van der Waals surface area contributed by atoms with Crippen LogP contribution < -0.4 is 9.44 Å². The first-order valence-electron chi connectivity index (χ1n) is 6.07. The minimum absolute atomic E-state index is 0.0819. The summed E-state index contributed by atoms with van der Waals surface area (Å²) in [5, 5.41) is 9.11. The van der Waals surface area contributed by atoms with E-state index >= 15 is 0 Å². The zero-order chi connectivity index (χ0) is 15.7. The molecule has 0 radical (unpaired) electrons. The van der Waals surface area contributed by atoms with E-state index in [0.29, 0.717) is 11.1 Å². The number of anilines is 1. The second-order valence-corrected chi connectivity index (χ2v) is 7.14. The smallest absolute Gasteiger partial charge is 0.336 e. The van der Waals surface area contributed by atoms with Gasteiger partial charge in [0, 0.05) is 5.54 Å². The third-order valence-corrected chi connectivity index (χ3v) is 3.98. The lowest BCUT2D eigenvalue weighted by Crippen LogP contribution is -2.43. The Kier molecular flexibility index (Phi) is 4.45. The van der Waals surface area contributed by atoms with Crippen molar-refractivity contribution in [3.8, 4) is 0 Å². The van der Waals surface area contributed by atoms with Crippen molar-refractivity contribution in [1.82, 2.24) is 4.72 Å². The SMILES string of the molecule is Cc1cc(NS(=O)(=O)NC(C)(C)C)cc(C(=O)O)c1C. The molecule has 20 heavy (non-hydrogen) atoms. The molecule has 0 aliphatic heterocycles. The van der Waals surface area contributed by atoms with E-state index in [9.17, 15) is 13.2 Å². The highest BCUT2D eigenvalue weighted by Crippen LogP contribution is 2.21. The molecule has 0 spiro atoms. The molecule has 0 amide bonds. The molecule has 0 aliphatic rings. The molecular formula is C13H20N2O4S. The first-order valence-corrected chi connectivity index (χ1v) is 7.56. The van der Waals surface area contributed by atoms with E-state index in [-0.39, 0.29) is 11.3 Å². The Morgan fingerprint density at radius 2 is 1.75 bits per heavy atom. The van der Waals surface area contributed by atoms with Gasteiger partial charge in [0.25, 0.3) is 10.2 Å². The van der Waals surface area contributed by atoms with Gasteiger partial charge in [0.2, 0.25) is 0 Å². The van der Waals surface area contributed by atoms with Gasteiger partial charge >= 0.3 is 5.97 Å². The third kappa shape index (κ3) is 4.50. The van der Waals surface area contributed by atoms with Gasteiger partial charge in [0.1, 0.15) is 0 Å². The molecule has 0 fully saturated rings. The molecule has 112 valence electrons. The van der Waals surface area contributed by atoms with E-state index in [2.05, 4.69) is 9.44 Å². The van der Waals surface area contributed by atoms with Crippen molar-refractivity contribution >= 4 is 21.9 Å². The average molecular weight is 300 g/mol. The van der Waals surface area contributed by atoms with Crippen LogP contribution in [0.15, 0.2) is 12.1 Å². The Morgan fingerprint density at radius 3 is 2.20 bits per heavy atom. The lowest BCUT2D eigenvalue weighted by Gasteiger charge is -2.21. The van der Waals surface area contributed by atoms with Crippen LogP contribution in [0.3, 0.4) is 0 Å². The summed E-state index contributed by atoms with van der Waals surface area (Å²) in [6.07, 6.45) is 0. The highest BCUT2D eigenvalue weighted by Gasteiger charge is 2.20. The lowest BCUT2D eigenvalue weighted by atomic mass is 10.0. The van der Waals surface area contributed by atoms with Crippen molar-refractivity contribution in [2.75, 3.05) is 4.72 Å². The van der Waals surface area contributed by atoms with Gasteiger partial charge in [-0.3, -0.25) is 4.72 Å². The summed E-state index contributed by atoms with van der Waals surface area (Å²) in [6.45, 7) is 8.57. The van der Waals surface area contributed by atoms with E-state index in [1.807, 2.05) is 0 Å². The zero-order valence-electron chi connectivity index (χ0n) is 12.2. The van der Waals surface area contributed by atoms with Crippen molar-refractivity contribution in [2.24, 2.45) is 0 Å². The summed E-state index contributed by atoms with van der Waals surface area (Å²) in [7, 11) is -3.76. The van der Waals surface area contributed by atoms with Gasteiger partial charge in [-0.15, -0.1) is 0 Å². The predicted octanol–water partition coefficient (Wildman–Crippen LogP) is 2.05. The van der Waals surface area contributed by atoms with Crippen molar-refractivity contribution in [3.05, 3.63) is 28.8 Å². The Labute approximate surface area is 119 Å². The van der Waals surface area contributed by atoms with Crippen LogP contribution in [0.2, 0.25) is 0 Å². The molecule has 0 saturated heterocycles. The number of aromatic carboxylic acids is 1. The number of carboxylic acid groups (broad SMARTS) is 1. The molecule has 0 saturated carbocycles. The van der Waals surface area contributed by atoms with Crippen molar-refractivity contribution in [3.63, 3.8) is 0 Å². The molecular weight excluding hydrogens is 280 g/mol. The summed E-state index contributed by atoms with van der Waals surface area (Å²) in [4.78, 5) is 11.1. The first kappa shape index (κ1) is 16.5. The number of aryl methyl sites for hydroxylation is 1. The van der Waals surface area contributed by atoms with Crippen LogP contribution in [0, 0.1) is 13.8 Å². The quantitative estimate of drug-likeness (QED) is 0.793. The normalized spacial score (nSPS) is 12.2. The number of carboxylic acids is 1. The first-order chi connectivity index (χ1) is 8.91. The molecule has 1 rings (SSSR count). The molecule has 0 aromatic heterocycles. The van der Waals surface area contributed by atoms with Gasteiger partial charge in [-0.25, -0.2) is 4.79 Å². The molecule has 3 N–H and O–H groups in total. The topological polar surface area (TPSA) is 95.5 Å². The largest absolute Gasteiger partial charge is 0.478 e. The van der Waals surface area contributed by atoms with Crippen LogP contribution in [-0.4, -0.2) is 25.0 Å². The lowest BCUT2D eigenvalue weighted by molar-refractivity contribution is 0.0696. The molecule has 1 aromatic rings. The summed E-state index contributed by atoms with van der Waals surface area (Å²) in [5.41, 5.74) is 1.00. The Balaban J connectivity index is 3.14. The molecule has 0 atom stereocenters. The van der Waals surface area contributed by atoms with Gasteiger partial charge in [-0.2, -0.15) is 13.1 Å². The van der Waals surface area contributed by atoms with Gasteiger partial charge < -0.3 is 5.11 Å². The second kappa shape index (κ2) is 5.41. The molecule has 0 heterocycles. The summed E-state index contributed by atoms with van der Waals surface area (Å²) in [6, 6.07) is 2.91. The van der Waals surface area contributed by atoms with E-state index in [0.717, 1.165) is 0 Å². The molecule has 0 unspecified atom stereocenters. The fourth-order valence-corrected chi connectivity index (χ4v) is 3.01. The third-order valence-electron chi connectivity index (χ3n) is 2.59. The molecule has 0 bridgehead atoms. The van der Waals surface area contributed by atoms with Crippen LogP contribution >= 0.6 is 0 Å². The Morgan fingerprint density at radius 1 is 1.20 bits per heavy atom. The maximum atomic E-state index is 11.9. The van der Waals surface area contributed by atoms with Crippen molar-refractivity contribution in [1.29, 1.82) is 0 Å². The van der Waals surface area contributed by atoms with Crippen molar-refractivity contribution < 1.29 is 18.3 Å². The van der Waals surface area contributed by atoms with E-state index < -0.39 is 21.7 Å². The number of hydrogen-bond acceptors (Lipinski definition) is 3. The Bertz CT molecular complexity index is 631. The van der Waals surface area contributed by atoms with Crippen LogP contribution in [-0.2, 0) is 10.2 Å². The monoisotopic (exact) mass is 300 g/mol. The number of rotatable bonds is 4. The van der Waals surface area contributed by atoms with Crippen LogP contribution in [0.5, 0.6) is 0 Å². The molecule has 1 aromatic carbocycles. The minimum atomic E-state index is -3.76. The molecule has 0 aliphatic carbocycles. The minimum Gasteiger partial charge on any atom is -0.478 e. The number of hydrogen-bond donors (Lipinski definition) is 3. The van der Waals surface area contributed by atoms with Gasteiger partial charge in [-0.1, -0.05) is 0 Å². The number of benzene rings is 1. The summed E-state index contributed by atoms with van der Waals surface area (Å²) >= 11 is 0. The van der Waals surface area contributed by atoms with Crippen LogP contribution in [0.1, 0.15) is 42.3 Å². The molecule has 6 nitrogen and oxygen atoms in total. The van der Waals surface area contributed by atoms with Crippen LogP contribution in [0.25, 0.3) is 0 Å². The van der Waals surface area contributed by atoms with Gasteiger partial charge in [0.15, 0.2) is 0 Å². The van der Waals surface area contributed by atoms with E-state index in [1.165, 1.54) is 6.07 Å². The molecule has 7 heteroatoms. The fraction of sp³-hybridized carbons (Fsp3) is 0.462. The standard InChI is InChI=1S/C13H20N2O4S/c1-8-6-10(7-11(9(8)2)12(16)17)14-20(18,19)15-13(3,4)5/h6-7,14-15H,1-5H3,(H,16,17).